The van der Waals surface area contributed by atoms with E-state index in [1.807, 2.05) is 0 Å². The first-order chi connectivity index (χ1) is 6.77. The van der Waals surface area contributed by atoms with Crippen molar-refractivity contribution in [2.24, 2.45) is 0 Å². The molecule has 1 aromatic carbocycles. The van der Waals surface area contributed by atoms with Gasteiger partial charge in [-0.1, -0.05) is 6.07 Å². The average molecular weight is 193 g/mol. The van der Waals surface area contributed by atoms with Crippen molar-refractivity contribution in [3.8, 4) is 5.75 Å². The van der Waals surface area contributed by atoms with Gasteiger partial charge in [-0.25, -0.2) is 4.39 Å². The summed E-state index contributed by atoms with van der Waals surface area (Å²) >= 11 is 0. The number of benzene rings is 1. The van der Waals surface area contributed by atoms with Crippen LogP contribution in [0.15, 0.2) is 18.2 Å². The molecule has 0 saturated heterocycles. The Balaban J connectivity index is 2.86. The Hall–Kier alpha value is -1.84. The monoisotopic (exact) mass is 193 g/mol. The Morgan fingerprint density at radius 3 is 2.93 bits per heavy atom. The molecular weight excluding hydrogens is 185 g/mol. The van der Waals surface area contributed by atoms with Gasteiger partial charge in [-0.05, 0) is 12.1 Å². The van der Waals surface area contributed by atoms with Crippen molar-refractivity contribution in [1.29, 1.82) is 0 Å². The lowest BCUT2D eigenvalue weighted by Crippen LogP contribution is -1.86. The fourth-order valence-corrected chi connectivity index (χ4v) is 1.48. The molecule has 2 rings (SSSR count). The van der Waals surface area contributed by atoms with Crippen LogP contribution in [0.5, 0.6) is 5.75 Å². The third kappa shape index (κ3) is 1.08. The van der Waals surface area contributed by atoms with E-state index in [2.05, 4.69) is 4.98 Å². The topological polar surface area (TPSA) is 42.1 Å². The number of halogens is 1. The van der Waals surface area contributed by atoms with E-state index in [1.54, 1.807) is 12.1 Å². The number of nitrogens with one attached hydrogen (secondary N) is 1. The number of aromatic amines is 1. The van der Waals surface area contributed by atoms with Gasteiger partial charge in [0.25, 0.3) is 0 Å². The molecule has 14 heavy (non-hydrogen) atoms. The first kappa shape index (κ1) is 8.74. The summed E-state index contributed by atoms with van der Waals surface area (Å²) in [6.07, 6.45) is 0.609. The fraction of sp³-hybridized carbons (Fsp3) is 0.100. The van der Waals surface area contributed by atoms with Gasteiger partial charge in [0.15, 0.2) is 12.0 Å². The molecule has 0 amide bonds. The highest BCUT2D eigenvalue weighted by atomic mass is 19.1. The van der Waals surface area contributed by atoms with Crippen LogP contribution in [-0.2, 0) is 0 Å². The van der Waals surface area contributed by atoms with Gasteiger partial charge in [0.05, 0.1) is 12.6 Å². The minimum absolute atomic E-state index is 0.257. The van der Waals surface area contributed by atoms with Crippen molar-refractivity contribution in [2.75, 3.05) is 7.11 Å². The number of carbonyl (C=O) groups is 1. The zero-order chi connectivity index (χ0) is 10.1. The van der Waals surface area contributed by atoms with Gasteiger partial charge >= 0.3 is 0 Å². The maximum atomic E-state index is 13.2. The Morgan fingerprint density at radius 2 is 2.29 bits per heavy atom. The molecule has 0 saturated carbocycles. The fourth-order valence-electron chi connectivity index (χ4n) is 1.48. The molecule has 72 valence electrons. The van der Waals surface area contributed by atoms with Crippen LogP contribution in [0.2, 0.25) is 0 Å². The van der Waals surface area contributed by atoms with Gasteiger partial charge in [0, 0.05) is 5.39 Å². The number of rotatable bonds is 2. The van der Waals surface area contributed by atoms with Crippen LogP contribution < -0.4 is 4.74 Å². The lowest BCUT2D eigenvalue weighted by Gasteiger charge is -1.96. The summed E-state index contributed by atoms with van der Waals surface area (Å²) in [4.78, 5) is 13.3. The summed E-state index contributed by atoms with van der Waals surface area (Å²) in [6.45, 7) is 0. The van der Waals surface area contributed by atoms with E-state index in [0.717, 1.165) is 0 Å². The first-order valence-electron chi connectivity index (χ1n) is 4.07. The van der Waals surface area contributed by atoms with E-state index in [4.69, 9.17) is 4.74 Å². The number of aromatic nitrogens is 1. The summed E-state index contributed by atoms with van der Waals surface area (Å²) in [5, 5.41) is 0.578. The molecule has 0 radical (unpaired) electrons. The highest BCUT2D eigenvalue weighted by molar-refractivity contribution is 5.95. The zero-order valence-electron chi connectivity index (χ0n) is 7.50. The Kier molecular flexibility index (Phi) is 1.96. The molecule has 0 fully saturated rings. The standard InChI is InChI=1S/C10H8FNO2/c1-14-10-6-3-2-4-7(11)9(6)12-8(10)5-13/h2-5,12H,1H3. The number of ether oxygens (including phenoxy) is 1. The van der Waals surface area contributed by atoms with E-state index < -0.39 is 5.82 Å². The number of aldehydes is 1. The molecule has 0 unspecified atom stereocenters. The predicted octanol–water partition coefficient (Wildman–Crippen LogP) is 2.13. The predicted molar refractivity (Wildman–Crippen MR) is 50.2 cm³/mol. The maximum absolute atomic E-state index is 13.2. The summed E-state index contributed by atoms with van der Waals surface area (Å²) in [7, 11) is 1.44. The second kappa shape index (κ2) is 3.14. The zero-order valence-corrected chi connectivity index (χ0v) is 7.50. The van der Waals surface area contributed by atoms with Crippen molar-refractivity contribution in [3.05, 3.63) is 29.7 Å². The molecule has 0 aliphatic rings. The van der Waals surface area contributed by atoms with E-state index in [9.17, 15) is 9.18 Å². The van der Waals surface area contributed by atoms with Crippen molar-refractivity contribution in [2.45, 2.75) is 0 Å². The summed E-state index contributed by atoms with van der Waals surface area (Å²) in [5.41, 5.74) is 0.555. The molecular formula is C10H8FNO2. The van der Waals surface area contributed by atoms with Crippen molar-refractivity contribution >= 4 is 17.2 Å². The number of methoxy groups -OCH3 is 1. The second-order valence-corrected chi connectivity index (χ2v) is 2.85. The molecule has 2 aromatic rings. The van der Waals surface area contributed by atoms with Gasteiger partial charge in [0.2, 0.25) is 0 Å². The van der Waals surface area contributed by atoms with Crippen LogP contribution in [-0.4, -0.2) is 18.4 Å². The second-order valence-electron chi connectivity index (χ2n) is 2.85. The van der Waals surface area contributed by atoms with Crippen LogP contribution >= 0.6 is 0 Å². The van der Waals surface area contributed by atoms with E-state index in [0.29, 0.717) is 22.9 Å². The molecule has 0 bridgehead atoms. The largest absolute Gasteiger partial charge is 0.494 e. The molecule has 0 aliphatic carbocycles. The maximum Gasteiger partial charge on any atom is 0.170 e. The van der Waals surface area contributed by atoms with Gasteiger partial charge in [-0.3, -0.25) is 4.79 Å². The highest BCUT2D eigenvalue weighted by Gasteiger charge is 2.13. The molecule has 0 aliphatic heterocycles. The SMILES string of the molecule is COc1c(C=O)[nH]c2c(F)cccc12. The minimum Gasteiger partial charge on any atom is -0.494 e. The Morgan fingerprint density at radius 1 is 1.50 bits per heavy atom. The number of hydrogen-bond acceptors (Lipinski definition) is 2. The Bertz CT molecular complexity index is 490. The molecule has 3 nitrogen and oxygen atoms in total. The quantitative estimate of drug-likeness (QED) is 0.742. The summed E-state index contributed by atoms with van der Waals surface area (Å²) in [6, 6.07) is 4.59. The number of carbonyl (C=O) groups excluding carboxylic acids is 1. The van der Waals surface area contributed by atoms with Gasteiger partial charge < -0.3 is 9.72 Å². The van der Waals surface area contributed by atoms with E-state index in [-0.39, 0.29) is 5.69 Å². The molecule has 4 heteroatoms. The van der Waals surface area contributed by atoms with Crippen molar-refractivity contribution in [1.82, 2.24) is 4.98 Å². The number of para-hydroxylation sites is 1. The van der Waals surface area contributed by atoms with Crippen LogP contribution in [0.4, 0.5) is 4.39 Å². The third-order valence-electron chi connectivity index (χ3n) is 2.08. The van der Waals surface area contributed by atoms with E-state index in [1.165, 1.54) is 13.2 Å². The van der Waals surface area contributed by atoms with Crippen LogP contribution in [0.1, 0.15) is 10.5 Å². The average Bonchev–Trinajstić information content (AvgIpc) is 2.57. The van der Waals surface area contributed by atoms with Crippen molar-refractivity contribution in [3.63, 3.8) is 0 Å². The highest BCUT2D eigenvalue weighted by Crippen LogP contribution is 2.29. The molecule has 1 aromatic heterocycles. The summed E-state index contributed by atoms with van der Waals surface area (Å²) < 4.78 is 18.3. The van der Waals surface area contributed by atoms with Crippen LogP contribution in [0.3, 0.4) is 0 Å². The summed E-state index contributed by atoms with van der Waals surface area (Å²) in [5.74, 6) is -0.0107. The minimum atomic E-state index is -0.395. The van der Waals surface area contributed by atoms with Crippen LogP contribution in [0.25, 0.3) is 10.9 Å². The van der Waals surface area contributed by atoms with Gasteiger partial charge in [-0.2, -0.15) is 0 Å². The first-order valence-corrected chi connectivity index (χ1v) is 4.07. The number of hydrogen-bond donors (Lipinski definition) is 1. The smallest absolute Gasteiger partial charge is 0.170 e. The molecule has 0 atom stereocenters. The lowest BCUT2D eigenvalue weighted by atomic mass is 10.2. The van der Waals surface area contributed by atoms with Crippen LogP contribution in [0, 0.1) is 5.82 Å². The lowest BCUT2D eigenvalue weighted by molar-refractivity contribution is 0.111. The van der Waals surface area contributed by atoms with Gasteiger partial charge in [0.1, 0.15) is 11.5 Å². The third-order valence-corrected chi connectivity index (χ3v) is 2.08. The Labute approximate surface area is 79.5 Å². The number of H-pyrrole nitrogens is 1. The van der Waals surface area contributed by atoms with Gasteiger partial charge in [-0.15, -0.1) is 0 Å². The van der Waals surface area contributed by atoms with Crippen molar-refractivity contribution < 1.29 is 13.9 Å². The van der Waals surface area contributed by atoms with E-state index >= 15 is 0 Å². The molecule has 1 heterocycles. The molecule has 0 spiro atoms. The number of fused-ring (bicyclic) bond motifs is 1. The molecule has 1 N–H and O–H groups in total. The normalized spacial score (nSPS) is 10.4.